The first-order valence-corrected chi connectivity index (χ1v) is 6.45. The summed E-state index contributed by atoms with van der Waals surface area (Å²) in [5.74, 6) is 0. The number of pyridine rings is 1. The number of aromatic nitrogens is 1. The maximum Gasteiger partial charge on any atom is 0.176 e. The fourth-order valence-electron chi connectivity index (χ4n) is 2.12. The molecule has 2 N–H and O–H groups in total. The van der Waals surface area contributed by atoms with Crippen molar-refractivity contribution in [2.24, 2.45) is 5.73 Å². The van der Waals surface area contributed by atoms with Crippen LogP contribution in [0.4, 0.5) is 0 Å². The first-order chi connectivity index (χ1) is 9.08. The van der Waals surface area contributed by atoms with Crippen LogP contribution in [-0.4, -0.2) is 56.1 Å². The van der Waals surface area contributed by atoms with Crippen LogP contribution in [0.5, 0.6) is 0 Å². The van der Waals surface area contributed by atoms with E-state index in [-0.39, 0.29) is 11.8 Å². The van der Waals surface area contributed by atoms with Crippen LogP contribution in [0.3, 0.4) is 0 Å². The molecule has 0 aliphatic heterocycles. The van der Waals surface area contributed by atoms with E-state index in [2.05, 4.69) is 9.88 Å². The highest BCUT2D eigenvalue weighted by Crippen LogP contribution is 2.20. The van der Waals surface area contributed by atoms with Gasteiger partial charge in [-0.25, -0.2) is 0 Å². The largest absolute Gasteiger partial charge is 0.354 e. The van der Waals surface area contributed by atoms with Crippen LogP contribution in [-0.2, 0) is 15.9 Å². The molecule has 0 saturated heterocycles. The third-order valence-electron chi connectivity index (χ3n) is 3.65. The van der Waals surface area contributed by atoms with Crippen molar-refractivity contribution < 1.29 is 9.47 Å². The third-order valence-corrected chi connectivity index (χ3v) is 3.65. The number of likely N-dealkylation sites (N-methyl/N-ethyl adjacent to an activating group) is 1. The molecule has 1 heterocycles. The van der Waals surface area contributed by atoms with E-state index in [1.807, 2.05) is 38.4 Å². The van der Waals surface area contributed by atoms with Crippen molar-refractivity contribution in [3.63, 3.8) is 0 Å². The lowest BCUT2D eigenvalue weighted by Gasteiger charge is -2.42. The molecule has 0 spiro atoms. The normalized spacial score (nSPS) is 14.9. The van der Waals surface area contributed by atoms with Gasteiger partial charge in [0.05, 0.1) is 5.54 Å². The number of ether oxygens (including phenoxy) is 2. The highest BCUT2D eigenvalue weighted by molar-refractivity contribution is 5.04. The molecule has 1 aromatic heterocycles. The average Bonchev–Trinajstić information content (AvgIpc) is 2.46. The van der Waals surface area contributed by atoms with Gasteiger partial charge in [-0.1, -0.05) is 6.07 Å². The Bertz CT molecular complexity index is 357. The van der Waals surface area contributed by atoms with Crippen LogP contribution < -0.4 is 5.73 Å². The lowest BCUT2D eigenvalue weighted by Crippen LogP contribution is -2.59. The quantitative estimate of drug-likeness (QED) is 0.709. The molecule has 0 amide bonds. The van der Waals surface area contributed by atoms with Gasteiger partial charge >= 0.3 is 0 Å². The van der Waals surface area contributed by atoms with Gasteiger partial charge in [-0.05, 0) is 26.1 Å². The van der Waals surface area contributed by atoms with Gasteiger partial charge in [0.1, 0.15) is 0 Å². The predicted octanol–water partition coefficient (Wildman–Crippen LogP) is 0.892. The van der Waals surface area contributed by atoms with Crippen LogP contribution >= 0.6 is 0 Å². The maximum absolute atomic E-state index is 5.91. The van der Waals surface area contributed by atoms with Gasteiger partial charge in [-0.2, -0.15) is 0 Å². The Morgan fingerprint density at radius 3 is 2.53 bits per heavy atom. The van der Waals surface area contributed by atoms with Gasteiger partial charge in [-0.15, -0.1) is 0 Å². The molecule has 19 heavy (non-hydrogen) atoms. The summed E-state index contributed by atoms with van der Waals surface area (Å²) in [5, 5.41) is 0. The summed E-state index contributed by atoms with van der Waals surface area (Å²) in [6, 6.07) is 5.94. The first kappa shape index (κ1) is 16.0. The summed E-state index contributed by atoms with van der Waals surface area (Å²) in [7, 11) is 5.30. The van der Waals surface area contributed by atoms with Crippen LogP contribution in [0.2, 0.25) is 0 Å². The number of methoxy groups -OCH3 is 2. The fourth-order valence-corrected chi connectivity index (χ4v) is 2.12. The van der Waals surface area contributed by atoms with E-state index >= 15 is 0 Å². The second kappa shape index (κ2) is 7.55. The zero-order valence-electron chi connectivity index (χ0n) is 12.3. The van der Waals surface area contributed by atoms with Crippen LogP contribution in [0.1, 0.15) is 12.6 Å². The van der Waals surface area contributed by atoms with Gasteiger partial charge in [0, 0.05) is 45.6 Å². The van der Waals surface area contributed by atoms with E-state index in [0.29, 0.717) is 6.54 Å². The average molecular weight is 267 g/mol. The summed E-state index contributed by atoms with van der Waals surface area (Å²) in [6.45, 7) is 3.34. The number of hydrogen-bond acceptors (Lipinski definition) is 5. The van der Waals surface area contributed by atoms with E-state index < -0.39 is 0 Å². The van der Waals surface area contributed by atoms with E-state index in [1.54, 1.807) is 14.2 Å². The van der Waals surface area contributed by atoms with Gasteiger partial charge in [0.25, 0.3) is 0 Å². The van der Waals surface area contributed by atoms with E-state index in [9.17, 15) is 0 Å². The Labute approximate surface area is 115 Å². The molecule has 1 atom stereocenters. The summed E-state index contributed by atoms with van der Waals surface area (Å²) in [6.07, 6.45) is 2.32. The van der Waals surface area contributed by atoms with E-state index in [0.717, 1.165) is 18.7 Å². The third kappa shape index (κ3) is 3.98. The van der Waals surface area contributed by atoms with Crippen molar-refractivity contribution in [3.05, 3.63) is 30.1 Å². The monoisotopic (exact) mass is 267 g/mol. The minimum atomic E-state index is -0.363. The van der Waals surface area contributed by atoms with Crippen molar-refractivity contribution >= 4 is 0 Å². The Morgan fingerprint density at radius 1 is 1.37 bits per heavy atom. The molecule has 1 unspecified atom stereocenters. The highest BCUT2D eigenvalue weighted by Gasteiger charge is 2.37. The van der Waals surface area contributed by atoms with Crippen molar-refractivity contribution in [2.45, 2.75) is 25.2 Å². The summed E-state index contributed by atoms with van der Waals surface area (Å²) in [5.41, 5.74) is 6.62. The highest BCUT2D eigenvalue weighted by atomic mass is 16.7. The minimum absolute atomic E-state index is 0.355. The fraction of sp³-hybridized carbons (Fsp3) is 0.643. The molecule has 5 heteroatoms. The molecular formula is C14H25N3O2. The molecule has 0 saturated carbocycles. The van der Waals surface area contributed by atoms with Gasteiger partial charge in [0.2, 0.25) is 0 Å². The molecule has 108 valence electrons. The lowest BCUT2D eigenvalue weighted by atomic mass is 9.99. The maximum atomic E-state index is 5.91. The summed E-state index contributed by atoms with van der Waals surface area (Å²) in [4.78, 5) is 6.49. The Balaban J connectivity index is 2.65. The van der Waals surface area contributed by atoms with Crippen LogP contribution in [0, 0.1) is 0 Å². The molecule has 1 aromatic rings. The van der Waals surface area contributed by atoms with Crippen molar-refractivity contribution in [1.82, 2.24) is 9.88 Å². The predicted molar refractivity (Wildman–Crippen MR) is 75.8 cm³/mol. The standard InChI is InChI=1S/C14H25N3O2/c1-14(11-15,13(18-3)19-4)17(2)10-8-12-7-5-6-9-16-12/h5-7,9,13H,8,10-11,15H2,1-4H3. The Hall–Kier alpha value is -1.01. The summed E-state index contributed by atoms with van der Waals surface area (Å²) < 4.78 is 10.7. The second-order valence-corrected chi connectivity index (χ2v) is 4.86. The zero-order valence-corrected chi connectivity index (χ0v) is 12.3. The van der Waals surface area contributed by atoms with E-state index in [1.165, 1.54) is 0 Å². The number of nitrogens with two attached hydrogens (primary N) is 1. The number of nitrogens with zero attached hydrogens (tertiary/aromatic N) is 2. The smallest absolute Gasteiger partial charge is 0.176 e. The first-order valence-electron chi connectivity index (χ1n) is 6.45. The Kier molecular flexibility index (Phi) is 6.37. The molecule has 1 rings (SSSR count). The van der Waals surface area contributed by atoms with Crippen molar-refractivity contribution in [1.29, 1.82) is 0 Å². The molecule has 0 fully saturated rings. The van der Waals surface area contributed by atoms with E-state index in [4.69, 9.17) is 15.2 Å². The zero-order chi connectivity index (χ0) is 14.3. The molecule has 0 aliphatic rings. The molecular weight excluding hydrogens is 242 g/mol. The topological polar surface area (TPSA) is 60.6 Å². The molecule has 0 aromatic carbocycles. The molecule has 5 nitrogen and oxygen atoms in total. The molecule has 0 aliphatic carbocycles. The Morgan fingerprint density at radius 2 is 2.05 bits per heavy atom. The van der Waals surface area contributed by atoms with Gasteiger partial charge in [0.15, 0.2) is 6.29 Å². The minimum Gasteiger partial charge on any atom is -0.354 e. The molecule has 0 radical (unpaired) electrons. The second-order valence-electron chi connectivity index (χ2n) is 4.86. The summed E-state index contributed by atoms with van der Waals surface area (Å²) >= 11 is 0. The van der Waals surface area contributed by atoms with Gasteiger partial charge < -0.3 is 15.2 Å². The van der Waals surface area contributed by atoms with Crippen molar-refractivity contribution in [3.8, 4) is 0 Å². The number of rotatable bonds is 8. The van der Waals surface area contributed by atoms with Crippen LogP contribution in [0.25, 0.3) is 0 Å². The SMILES string of the molecule is COC(OC)C(C)(CN)N(C)CCc1ccccn1. The lowest BCUT2D eigenvalue weighted by molar-refractivity contribution is -0.177. The van der Waals surface area contributed by atoms with Crippen molar-refractivity contribution in [2.75, 3.05) is 34.4 Å². The molecule has 0 bridgehead atoms. The van der Waals surface area contributed by atoms with Crippen LogP contribution in [0.15, 0.2) is 24.4 Å². The van der Waals surface area contributed by atoms with Gasteiger partial charge in [-0.3, -0.25) is 9.88 Å². The number of hydrogen-bond donors (Lipinski definition) is 1.